The van der Waals surface area contributed by atoms with Gasteiger partial charge in [0.1, 0.15) is 17.7 Å². The van der Waals surface area contributed by atoms with Crippen LogP contribution in [0.5, 0.6) is 0 Å². The Morgan fingerprint density at radius 2 is 1.66 bits per heavy atom. The molecule has 0 aromatic heterocycles. The molecule has 0 bridgehead atoms. The fraction of sp³-hybridized carbons (Fsp3) is 0.310. The molecule has 9 nitrogen and oxygen atoms in total. The van der Waals surface area contributed by atoms with Crippen LogP contribution in [0.2, 0.25) is 0 Å². The quantitative estimate of drug-likeness (QED) is 0.330. The minimum Gasteiger partial charge on any atom is -0.444 e. The summed E-state index contributed by atoms with van der Waals surface area (Å²) in [6.45, 7) is 5.14. The van der Waals surface area contributed by atoms with Crippen molar-refractivity contribution in [3.05, 3.63) is 71.3 Å². The molecule has 0 aliphatic rings. The number of amides is 4. The fourth-order valence-electron chi connectivity index (χ4n) is 3.57. The van der Waals surface area contributed by atoms with Crippen LogP contribution in [-0.4, -0.2) is 40.4 Å². The van der Waals surface area contributed by atoms with Crippen LogP contribution in [0.4, 0.5) is 4.79 Å². The molecule has 0 saturated carbocycles. The number of benzene rings is 2. The Morgan fingerprint density at radius 1 is 1.03 bits per heavy atom. The number of carbonyl (C=O) groups is 4. The monoisotopic (exact) mass is 516 g/mol. The molecule has 0 heterocycles. The molecule has 2 aromatic rings. The van der Waals surface area contributed by atoms with Gasteiger partial charge in [-0.05, 0) is 38.8 Å². The maximum Gasteiger partial charge on any atom is 0.408 e. The van der Waals surface area contributed by atoms with Crippen LogP contribution in [0.1, 0.15) is 56.3 Å². The van der Waals surface area contributed by atoms with E-state index in [0.29, 0.717) is 11.1 Å². The number of nitrogens with zero attached hydrogens (tertiary/aromatic N) is 1. The van der Waals surface area contributed by atoms with E-state index in [1.807, 2.05) is 30.3 Å². The largest absolute Gasteiger partial charge is 0.444 e. The summed E-state index contributed by atoms with van der Waals surface area (Å²) in [6.07, 6.45) is 10.1. The summed E-state index contributed by atoms with van der Waals surface area (Å²) in [7, 11) is 0. The molecule has 2 rings (SSSR count). The van der Waals surface area contributed by atoms with Gasteiger partial charge in [0.2, 0.25) is 11.8 Å². The van der Waals surface area contributed by atoms with Gasteiger partial charge in [-0.3, -0.25) is 19.3 Å². The summed E-state index contributed by atoms with van der Waals surface area (Å²) in [5.41, 5.74) is 5.93. The lowest BCUT2D eigenvalue weighted by Gasteiger charge is -2.30. The smallest absolute Gasteiger partial charge is 0.408 e. The average Bonchev–Trinajstić information content (AvgIpc) is 2.87. The number of nitrogens with two attached hydrogens (primary N) is 1. The number of carbonyl (C=O) groups excluding carboxylic acids is 4. The van der Waals surface area contributed by atoms with Crippen molar-refractivity contribution in [3.63, 3.8) is 0 Å². The first-order chi connectivity index (χ1) is 18.0. The third kappa shape index (κ3) is 8.72. The number of alkyl carbamates (subject to hydrolysis) is 1. The zero-order chi connectivity index (χ0) is 28.3. The lowest BCUT2D eigenvalue weighted by atomic mass is 9.97. The maximum absolute atomic E-state index is 13.7. The number of ether oxygens (including phenoxy) is 1. The van der Waals surface area contributed by atoms with Gasteiger partial charge in [-0.2, -0.15) is 0 Å². The van der Waals surface area contributed by atoms with Gasteiger partial charge in [-0.1, -0.05) is 60.9 Å². The molecule has 9 heteroatoms. The third-order valence-electron chi connectivity index (χ3n) is 5.27. The summed E-state index contributed by atoms with van der Waals surface area (Å²) in [5.74, 6) is 0.425. The fourth-order valence-corrected chi connectivity index (χ4v) is 3.57. The Balaban J connectivity index is 2.46. The second kappa shape index (κ2) is 13.5. The van der Waals surface area contributed by atoms with Crippen LogP contribution in [0.3, 0.4) is 0 Å². The molecule has 0 fully saturated rings. The van der Waals surface area contributed by atoms with Gasteiger partial charge in [0, 0.05) is 30.1 Å². The van der Waals surface area contributed by atoms with Crippen LogP contribution in [0, 0.1) is 24.8 Å². The Kier molecular flexibility index (Phi) is 10.5. The van der Waals surface area contributed by atoms with Crippen LogP contribution < -0.4 is 16.4 Å². The van der Waals surface area contributed by atoms with E-state index in [0.717, 1.165) is 10.5 Å². The normalized spacial score (nSPS) is 12.1. The molecule has 4 N–H and O–H groups in total. The second-order valence-corrected chi connectivity index (χ2v) is 9.38. The number of terminal acetylenes is 2. The molecule has 38 heavy (non-hydrogen) atoms. The molecular formula is C29H32N4O5. The number of nitrogens with one attached hydrogen (secondary N) is 2. The zero-order valence-corrected chi connectivity index (χ0v) is 21.7. The highest BCUT2D eigenvalue weighted by Gasteiger charge is 2.36. The molecule has 0 aliphatic heterocycles. The van der Waals surface area contributed by atoms with E-state index in [9.17, 15) is 19.2 Å². The Hall–Kier alpha value is -4.76. The van der Waals surface area contributed by atoms with Gasteiger partial charge in [0.05, 0.1) is 0 Å². The maximum atomic E-state index is 13.7. The number of rotatable bonds is 10. The standard InChI is InChI=1S/C29H32N4O5/c1-6-21-15-11-12-16-22(21)25(26(35)31-19-20-13-9-8-10-14-20)33(7-2)27(36)23(17-18-24(30)34)32-28(37)38-29(3,4)5/h1-2,8-16,23,25H,17-19H2,3-5H3,(H2,30,34)(H,31,35)(H,32,37). The van der Waals surface area contributed by atoms with E-state index in [1.165, 1.54) is 0 Å². The Morgan fingerprint density at radius 3 is 2.24 bits per heavy atom. The van der Waals surface area contributed by atoms with Crippen LogP contribution in [0.15, 0.2) is 54.6 Å². The van der Waals surface area contributed by atoms with Gasteiger partial charge < -0.3 is 21.1 Å². The first-order valence-corrected chi connectivity index (χ1v) is 11.9. The summed E-state index contributed by atoms with van der Waals surface area (Å²) in [4.78, 5) is 52.1. The van der Waals surface area contributed by atoms with E-state index >= 15 is 0 Å². The van der Waals surface area contributed by atoms with Crippen LogP contribution >= 0.6 is 0 Å². The van der Waals surface area contributed by atoms with E-state index in [-0.39, 0.29) is 19.4 Å². The van der Waals surface area contributed by atoms with Gasteiger partial charge in [0.25, 0.3) is 5.91 Å². The average molecular weight is 517 g/mol. The molecular weight excluding hydrogens is 484 g/mol. The number of hydrogen-bond donors (Lipinski definition) is 3. The molecule has 198 valence electrons. The van der Waals surface area contributed by atoms with Crippen molar-refractivity contribution in [3.8, 4) is 24.8 Å². The van der Waals surface area contributed by atoms with Gasteiger partial charge in [-0.25, -0.2) is 4.79 Å². The van der Waals surface area contributed by atoms with Crippen LogP contribution in [-0.2, 0) is 25.7 Å². The minimum absolute atomic E-state index is 0.166. The minimum atomic E-state index is -1.33. The number of primary amides is 1. The summed E-state index contributed by atoms with van der Waals surface area (Å²) in [5, 5.41) is 5.24. The summed E-state index contributed by atoms with van der Waals surface area (Å²) in [6, 6.07) is 15.4. The Labute approximate surface area is 223 Å². The van der Waals surface area contributed by atoms with Crippen molar-refractivity contribution in [1.82, 2.24) is 15.5 Å². The molecule has 0 aliphatic carbocycles. The van der Waals surface area contributed by atoms with Gasteiger partial charge in [-0.15, -0.1) is 6.42 Å². The lowest BCUT2D eigenvalue weighted by molar-refractivity contribution is -0.139. The van der Waals surface area contributed by atoms with Crippen molar-refractivity contribution in [2.75, 3.05) is 0 Å². The van der Waals surface area contributed by atoms with Gasteiger partial charge in [0.15, 0.2) is 0 Å². The molecule has 4 amide bonds. The Bertz CT molecular complexity index is 1240. The first kappa shape index (κ1) is 29.5. The van der Waals surface area contributed by atoms with Crippen LogP contribution in [0.25, 0.3) is 0 Å². The highest BCUT2D eigenvalue weighted by Crippen LogP contribution is 2.26. The lowest BCUT2D eigenvalue weighted by Crippen LogP contribution is -2.51. The predicted molar refractivity (Wildman–Crippen MR) is 143 cm³/mol. The van der Waals surface area contributed by atoms with E-state index in [2.05, 4.69) is 22.6 Å². The van der Waals surface area contributed by atoms with Crippen molar-refractivity contribution in [2.24, 2.45) is 5.73 Å². The molecule has 2 unspecified atom stereocenters. The van der Waals surface area contributed by atoms with E-state index in [4.69, 9.17) is 23.3 Å². The van der Waals surface area contributed by atoms with Crippen molar-refractivity contribution < 1.29 is 23.9 Å². The zero-order valence-electron chi connectivity index (χ0n) is 21.7. The highest BCUT2D eigenvalue weighted by atomic mass is 16.6. The van der Waals surface area contributed by atoms with Crippen molar-refractivity contribution in [1.29, 1.82) is 0 Å². The molecule has 0 spiro atoms. The topological polar surface area (TPSA) is 131 Å². The van der Waals surface area contributed by atoms with E-state index in [1.54, 1.807) is 45.0 Å². The molecule has 0 radical (unpaired) electrons. The van der Waals surface area contributed by atoms with Gasteiger partial charge >= 0.3 is 6.09 Å². The van der Waals surface area contributed by atoms with Crippen molar-refractivity contribution >= 4 is 23.8 Å². The first-order valence-electron chi connectivity index (χ1n) is 11.9. The van der Waals surface area contributed by atoms with E-state index < -0.39 is 41.5 Å². The summed E-state index contributed by atoms with van der Waals surface area (Å²) < 4.78 is 5.26. The predicted octanol–water partition coefficient (Wildman–Crippen LogP) is 2.60. The molecule has 2 atom stereocenters. The second-order valence-electron chi connectivity index (χ2n) is 9.38. The SMILES string of the molecule is C#Cc1ccccc1C(C(=O)NCc1ccccc1)N(C#C)C(=O)C(CCC(N)=O)NC(=O)OC(C)(C)C. The third-order valence-corrected chi connectivity index (χ3v) is 5.27. The van der Waals surface area contributed by atoms with Crippen molar-refractivity contribution in [2.45, 2.75) is 57.8 Å². The highest BCUT2D eigenvalue weighted by molar-refractivity contribution is 5.94. The number of hydrogen-bond acceptors (Lipinski definition) is 5. The molecule has 0 saturated heterocycles. The summed E-state index contributed by atoms with van der Waals surface area (Å²) >= 11 is 0. The molecule has 2 aromatic carbocycles.